The normalized spacial score (nSPS) is 12.2. The monoisotopic (exact) mass is 348 g/mol. The zero-order valence-corrected chi connectivity index (χ0v) is 14.5. The van der Waals surface area contributed by atoms with Crippen LogP contribution in [0.2, 0.25) is 5.02 Å². The van der Waals surface area contributed by atoms with E-state index in [2.05, 4.69) is 46.8 Å². The summed E-state index contributed by atoms with van der Waals surface area (Å²) in [5.74, 6) is 0. The van der Waals surface area contributed by atoms with E-state index in [4.69, 9.17) is 11.6 Å². The molecular formula is C20H17ClN4. The third-order valence-electron chi connectivity index (χ3n) is 4.14. The highest BCUT2D eigenvalue weighted by molar-refractivity contribution is 6.30. The molecule has 25 heavy (non-hydrogen) atoms. The number of hydrogen-bond acceptors (Lipinski definition) is 3. The van der Waals surface area contributed by atoms with Crippen LogP contribution in [0.5, 0.6) is 0 Å². The molecule has 4 rings (SSSR count). The van der Waals surface area contributed by atoms with Gasteiger partial charge in [0.2, 0.25) is 0 Å². The molecule has 0 amide bonds. The number of fused-ring (bicyclic) bond motifs is 1. The topological polar surface area (TPSA) is 42.7 Å². The number of hydrogen-bond donors (Lipinski definition) is 1. The molecule has 0 aliphatic rings. The average Bonchev–Trinajstić information content (AvgIpc) is 3.05. The number of halogens is 1. The van der Waals surface area contributed by atoms with Crippen LogP contribution in [0.1, 0.15) is 17.3 Å². The fraction of sp³-hybridized carbons (Fsp3) is 0.100. The van der Waals surface area contributed by atoms with Crippen molar-refractivity contribution >= 4 is 28.3 Å². The Hall–Kier alpha value is -2.85. The second-order valence-electron chi connectivity index (χ2n) is 5.99. The minimum absolute atomic E-state index is 0.214. The van der Waals surface area contributed by atoms with Crippen LogP contribution in [-0.2, 0) is 0 Å². The highest BCUT2D eigenvalue weighted by Gasteiger charge is 2.18. The smallest absolute Gasteiger partial charge is 0.149 e. The summed E-state index contributed by atoms with van der Waals surface area (Å²) in [7, 11) is 0. The molecule has 0 radical (unpaired) electrons. The third-order valence-corrected chi connectivity index (χ3v) is 4.38. The lowest BCUT2D eigenvalue weighted by Crippen LogP contribution is -2.21. The first-order valence-electron chi connectivity index (χ1n) is 8.09. The van der Waals surface area contributed by atoms with E-state index >= 15 is 0 Å². The van der Waals surface area contributed by atoms with Crippen molar-refractivity contribution in [1.29, 1.82) is 0 Å². The maximum absolute atomic E-state index is 6.22. The van der Waals surface area contributed by atoms with Crippen molar-refractivity contribution in [2.24, 2.45) is 0 Å². The summed E-state index contributed by atoms with van der Waals surface area (Å²) in [6, 6.07) is 24.0. The van der Waals surface area contributed by atoms with Gasteiger partial charge in [0.05, 0.1) is 5.52 Å². The maximum atomic E-state index is 6.22. The van der Waals surface area contributed by atoms with Gasteiger partial charge in [0, 0.05) is 10.7 Å². The van der Waals surface area contributed by atoms with Crippen LogP contribution < -0.4 is 5.32 Å². The number of aryl methyl sites for hydroxylation is 1. The Balaban J connectivity index is 1.82. The molecule has 0 aliphatic heterocycles. The van der Waals surface area contributed by atoms with Gasteiger partial charge in [-0.2, -0.15) is 0 Å². The Morgan fingerprint density at radius 2 is 1.76 bits per heavy atom. The fourth-order valence-electron chi connectivity index (χ4n) is 2.85. The predicted molar refractivity (Wildman–Crippen MR) is 102 cm³/mol. The minimum Gasteiger partial charge on any atom is -0.360 e. The molecule has 0 aliphatic carbocycles. The van der Waals surface area contributed by atoms with Crippen molar-refractivity contribution in [2.45, 2.75) is 13.1 Å². The van der Waals surface area contributed by atoms with Crippen molar-refractivity contribution in [3.8, 4) is 0 Å². The van der Waals surface area contributed by atoms with Gasteiger partial charge in [0.1, 0.15) is 11.7 Å². The molecule has 1 atom stereocenters. The number of rotatable bonds is 4. The summed E-state index contributed by atoms with van der Waals surface area (Å²) in [5.41, 5.74) is 5.07. The molecule has 1 heterocycles. The van der Waals surface area contributed by atoms with Crippen molar-refractivity contribution in [3.05, 3.63) is 88.9 Å². The van der Waals surface area contributed by atoms with Crippen LogP contribution in [0.3, 0.4) is 0 Å². The quantitative estimate of drug-likeness (QED) is 0.561. The molecule has 5 heteroatoms. The molecule has 0 unspecified atom stereocenters. The predicted octanol–water partition coefficient (Wildman–Crippen LogP) is 5.05. The van der Waals surface area contributed by atoms with Crippen LogP contribution in [-0.4, -0.2) is 15.0 Å². The van der Waals surface area contributed by atoms with Crippen molar-refractivity contribution in [2.75, 3.05) is 5.32 Å². The number of para-hydroxylation sites is 1. The van der Waals surface area contributed by atoms with Crippen molar-refractivity contribution in [3.63, 3.8) is 0 Å². The van der Waals surface area contributed by atoms with E-state index < -0.39 is 0 Å². The number of benzene rings is 3. The number of anilines is 1. The summed E-state index contributed by atoms with van der Waals surface area (Å²) < 4.78 is 1.89. The molecule has 0 saturated heterocycles. The molecule has 3 aromatic carbocycles. The zero-order valence-electron chi connectivity index (χ0n) is 13.7. The molecule has 1 aromatic heterocycles. The minimum atomic E-state index is -0.214. The van der Waals surface area contributed by atoms with Gasteiger partial charge < -0.3 is 5.32 Å². The lowest BCUT2D eigenvalue weighted by Gasteiger charge is -2.21. The number of nitrogens with one attached hydrogen (secondary N) is 1. The van der Waals surface area contributed by atoms with Gasteiger partial charge in [-0.25, -0.2) is 4.68 Å². The van der Waals surface area contributed by atoms with E-state index in [9.17, 15) is 0 Å². The van der Waals surface area contributed by atoms with Gasteiger partial charge in [-0.3, -0.25) is 0 Å². The fourth-order valence-corrected chi connectivity index (χ4v) is 3.05. The average molecular weight is 349 g/mol. The van der Waals surface area contributed by atoms with E-state index in [0.29, 0.717) is 5.02 Å². The SMILES string of the molecule is Cc1ccc(N[C@H](c2cccc(Cl)c2)n2nnc3ccccc32)cc1. The van der Waals surface area contributed by atoms with Gasteiger partial charge in [-0.1, -0.05) is 58.8 Å². The van der Waals surface area contributed by atoms with Crippen LogP contribution >= 0.6 is 11.6 Å². The van der Waals surface area contributed by atoms with E-state index in [1.807, 2.05) is 53.2 Å². The Labute approximate surface area is 151 Å². The second kappa shape index (κ2) is 6.57. The summed E-state index contributed by atoms with van der Waals surface area (Å²) in [5, 5.41) is 12.9. The van der Waals surface area contributed by atoms with Gasteiger partial charge >= 0.3 is 0 Å². The Kier molecular flexibility index (Phi) is 4.12. The molecular weight excluding hydrogens is 332 g/mol. The first kappa shape index (κ1) is 15.7. The highest BCUT2D eigenvalue weighted by Crippen LogP contribution is 2.26. The highest BCUT2D eigenvalue weighted by atomic mass is 35.5. The van der Waals surface area contributed by atoms with Crippen LogP contribution in [0.25, 0.3) is 11.0 Å². The van der Waals surface area contributed by atoms with E-state index in [0.717, 1.165) is 22.3 Å². The van der Waals surface area contributed by atoms with E-state index in [-0.39, 0.29) is 6.17 Å². The van der Waals surface area contributed by atoms with E-state index in [1.54, 1.807) is 0 Å². The van der Waals surface area contributed by atoms with Crippen LogP contribution in [0.4, 0.5) is 5.69 Å². The molecule has 4 nitrogen and oxygen atoms in total. The summed E-state index contributed by atoms with van der Waals surface area (Å²) in [4.78, 5) is 0. The largest absolute Gasteiger partial charge is 0.360 e. The summed E-state index contributed by atoms with van der Waals surface area (Å²) in [6.45, 7) is 2.07. The Morgan fingerprint density at radius 1 is 0.960 bits per heavy atom. The Morgan fingerprint density at radius 3 is 2.56 bits per heavy atom. The zero-order chi connectivity index (χ0) is 17.2. The first-order chi connectivity index (χ1) is 12.2. The molecule has 0 spiro atoms. The third kappa shape index (κ3) is 3.21. The van der Waals surface area contributed by atoms with Gasteiger partial charge in [-0.05, 0) is 48.9 Å². The number of aromatic nitrogens is 3. The standard InChI is InChI=1S/C20H17ClN4/c1-14-9-11-17(12-10-14)22-20(15-5-4-6-16(21)13-15)25-19-8-3-2-7-18(19)23-24-25/h2-13,20,22H,1H3/t20-/m0/s1. The van der Waals surface area contributed by atoms with Gasteiger partial charge in [0.25, 0.3) is 0 Å². The molecule has 0 bridgehead atoms. The van der Waals surface area contributed by atoms with Crippen molar-refractivity contribution in [1.82, 2.24) is 15.0 Å². The molecule has 124 valence electrons. The number of nitrogens with zero attached hydrogens (tertiary/aromatic N) is 3. The second-order valence-corrected chi connectivity index (χ2v) is 6.43. The van der Waals surface area contributed by atoms with Crippen LogP contribution in [0, 0.1) is 6.92 Å². The van der Waals surface area contributed by atoms with Crippen LogP contribution in [0.15, 0.2) is 72.8 Å². The lowest BCUT2D eigenvalue weighted by molar-refractivity contribution is 0.571. The van der Waals surface area contributed by atoms with Gasteiger partial charge in [0.15, 0.2) is 0 Å². The molecule has 0 saturated carbocycles. The van der Waals surface area contributed by atoms with Crippen molar-refractivity contribution < 1.29 is 0 Å². The van der Waals surface area contributed by atoms with Gasteiger partial charge in [-0.15, -0.1) is 5.10 Å². The summed E-state index contributed by atoms with van der Waals surface area (Å²) in [6.07, 6.45) is -0.214. The molecule has 4 aromatic rings. The molecule has 0 fully saturated rings. The summed E-state index contributed by atoms with van der Waals surface area (Å²) >= 11 is 6.22. The lowest BCUT2D eigenvalue weighted by atomic mass is 10.1. The molecule has 1 N–H and O–H groups in total. The first-order valence-corrected chi connectivity index (χ1v) is 8.47. The van der Waals surface area contributed by atoms with E-state index in [1.165, 1.54) is 5.56 Å². The Bertz CT molecular complexity index is 1010. The maximum Gasteiger partial charge on any atom is 0.149 e.